The van der Waals surface area contributed by atoms with E-state index in [2.05, 4.69) is 20.6 Å². The number of hydrogen-bond acceptors (Lipinski definition) is 7. The van der Waals surface area contributed by atoms with E-state index in [0.29, 0.717) is 5.82 Å². The van der Waals surface area contributed by atoms with Crippen LogP contribution >= 0.6 is 0 Å². The Hall–Kier alpha value is -2.09. The number of nitrogens with one attached hydrogen (secondary N) is 3. The summed E-state index contributed by atoms with van der Waals surface area (Å²) >= 11 is 0. The average molecular weight is 239 g/mol. The first-order valence-corrected chi connectivity index (χ1v) is 5.11. The SMILES string of the molecule is C[C@@H](O)C(=O)[C@@H]1CNc2nc(N)[nH]c(=O)c2N1. The Balaban J connectivity index is 2.31. The Morgan fingerprint density at radius 2 is 2.35 bits per heavy atom. The van der Waals surface area contributed by atoms with Crippen LogP contribution < -0.4 is 21.9 Å². The maximum atomic E-state index is 11.6. The van der Waals surface area contributed by atoms with Crippen molar-refractivity contribution >= 4 is 23.2 Å². The first-order valence-electron chi connectivity index (χ1n) is 5.11. The molecule has 0 aliphatic carbocycles. The van der Waals surface area contributed by atoms with Crippen molar-refractivity contribution in [2.45, 2.75) is 19.1 Å². The van der Waals surface area contributed by atoms with Crippen LogP contribution in [0.15, 0.2) is 4.79 Å². The quantitative estimate of drug-likeness (QED) is 0.424. The summed E-state index contributed by atoms with van der Waals surface area (Å²) in [5, 5.41) is 14.8. The number of fused-ring (bicyclic) bond motifs is 1. The van der Waals surface area contributed by atoms with E-state index in [0.717, 1.165) is 0 Å². The molecule has 2 heterocycles. The first-order chi connectivity index (χ1) is 7.99. The summed E-state index contributed by atoms with van der Waals surface area (Å²) in [6, 6.07) is -0.658. The van der Waals surface area contributed by atoms with Gasteiger partial charge in [-0.25, -0.2) is 0 Å². The maximum absolute atomic E-state index is 11.6. The topological polar surface area (TPSA) is 133 Å². The third-order valence-corrected chi connectivity index (χ3v) is 2.49. The zero-order valence-electron chi connectivity index (χ0n) is 9.15. The van der Waals surface area contributed by atoms with Gasteiger partial charge in [0.25, 0.3) is 5.56 Å². The lowest BCUT2D eigenvalue weighted by atomic mass is 10.1. The Morgan fingerprint density at radius 1 is 1.65 bits per heavy atom. The molecule has 2 rings (SSSR count). The molecule has 1 aliphatic rings. The van der Waals surface area contributed by atoms with E-state index in [-0.39, 0.29) is 24.0 Å². The van der Waals surface area contributed by atoms with Gasteiger partial charge >= 0.3 is 0 Å². The molecule has 0 amide bonds. The predicted octanol–water partition coefficient (Wildman–Crippen LogP) is -1.49. The molecule has 0 bridgehead atoms. The highest BCUT2D eigenvalue weighted by atomic mass is 16.3. The van der Waals surface area contributed by atoms with Gasteiger partial charge in [0, 0.05) is 6.54 Å². The third kappa shape index (κ3) is 2.07. The molecule has 92 valence electrons. The van der Waals surface area contributed by atoms with Crippen molar-refractivity contribution in [2.24, 2.45) is 0 Å². The zero-order chi connectivity index (χ0) is 12.6. The highest BCUT2D eigenvalue weighted by Gasteiger charge is 2.28. The van der Waals surface area contributed by atoms with Crippen molar-refractivity contribution < 1.29 is 9.90 Å². The number of hydrogen-bond donors (Lipinski definition) is 5. The van der Waals surface area contributed by atoms with Crippen LogP contribution in [-0.2, 0) is 4.79 Å². The van der Waals surface area contributed by atoms with Gasteiger partial charge in [0.15, 0.2) is 11.6 Å². The number of carbonyl (C=O) groups excluding carboxylic acids is 1. The summed E-state index contributed by atoms with van der Waals surface area (Å²) in [7, 11) is 0. The molecule has 0 radical (unpaired) electrons. The Labute approximate surface area is 96.2 Å². The Bertz CT molecular complexity index is 510. The van der Waals surface area contributed by atoms with Crippen LogP contribution in [0, 0.1) is 0 Å². The Morgan fingerprint density at radius 3 is 3.00 bits per heavy atom. The fourth-order valence-electron chi connectivity index (χ4n) is 1.64. The van der Waals surface area contributed by atoms with Crippen molar-refractivity contribution in [3.05, 3.63) is 10.4 Å². The number of rotatable bonds is 2. The number of aromatic amines is 1. The zero-order valence-corrected chi connectivity index (χ0v) is 9.15. The molecule has 17 heavy (non-hydrogen) atoms. The second-order valence-electron chi connectivity index (χ2n) is 3.83. The van der Waals surface area contributed by atoms with E-state index in [1.165, 1.54) is 6.92 Å². The molecule has 0 fully saturated rings. The largest absolute Gasteiger partial charge is 0.386 e. The molecule has 1 aliphatic heterocycles. The first kappa shape index (κ1) is 11.4. The second-order valence-corrected chi connectivity index (χ2v) is 3.83. The summed E-state index contributed by atoms with van der Waals surface area (Å²) in [6.07, 6.45) is -1.09. The Kier molecular flexibility index (Phi) is 2.72. The van der Waals surface area contributed by atoms with E-state index >= 15 is 0 Å². The number of anilines is 3. The van der Waals surface area contributed by atoms with E-state index in [1.54, 1.807) is 0 Å². The van der Waals surface area contributed by atoms with Crippen molar-refractivity contribution in [2.75, 3.05) is 22.9 Å². The number of H-pyrrole nitrogens is 1. The average Bonchev–Trinajstić information content (AvgIpc) is 2.27. The summed E-state index contributed by atoms with van der Waals surface area (Å²) in [6.45, 7) is 1.62. The predicted molar refractivity (Wildman–Crippen MR) is 61.9 cm³/mol. The van der Waals surface area contributed by atoms with Gasteiger partial charge in [0.2, 0.25) is 5.95 Å². The van der Waals surface area contributed by atoms with Gasteiger partial charge in [-0.3, -0.25) is 14.6 Å². The third-order valence-electron chi connectivity index (χ3n) is 2.49. The second kappa shape index (κ2) is 4.06. The molecule has 2 atom stereocenters. The molecular formula is C9H13N5O3. The molecule has 1 aromatic rings. The highest BCUT2D eigenvalue weighted by molar-refractivity contribution is 5.92. The molecule has 1 aromatic heterocycles. The van der Waals surface area contributed by atoms with Crippen LogP contribution in [0.25, 0.3) is 0 Å². The molecule has 0 spiro atoms. The number of nitrogens with zero attached hydrogens (tertiary/aromatic N) is 1. The summed E-state index contributed by atoms with van der Waals surface area (Å²) < 4.78 is 0. The van der Waals surface area contributed by atoms with Gasteiger partial charge in [-0.15, -0.1) is 0 Å². The van der Waals surface area contributed by atoms with E-state index in [4.69, 9.17) is 5.73 Å². The highest BCUT2D eigenvalue weighted by Crippen LogP contribution is 2.20. The number of ketones is 1. The van der Waals surface area contributed by atoms with Crippen molar-refractivity contribution in [1.29, 1.82) is 0 Å². The molecular weight excluding hydrogens is 226 g/mol. The molecule has 0 saturated heterocycles. The molecule has 0 aromatic carbocycles. The summed E-state index contributed by atoms with van der Waals surface area (Å²) in [5.41, 5.74) is 5.09. The van der Waals surface area contributed by atoms with Crippen molar-refractivity contribution in [1.82, 2.24) is 9.97 Å². The van der Waals surface area contributed by atoms with Crippen LogP contribution in [0.2, 0.25) is 0 Å². The van der Waals surface area contributed by atoms with Crippen LogP contribution in [0.4, 0.5) is 17.5 Å². The van der Waals surface area contributed by atoms with E-state index < -0.39 is 17.7 Å². The van der Waals surface area contributed by atoms with E-state index in [1.807, 2.05) is 0 Å². The van der Waals surface area contributed by atoms with Crippen LogP contribution in [0.3, 0.4) is 0 Å². The van der Waals surface area contributed by atoms with E-state index in [9.17, 15) is 14.7 Å². The number of aliphatic hydroxyl groups excluding tert-OH is 1. The smallest absolute Gasteiger partial charge is 0.277 e. The van der Waals surface area contributed by atoms with Crippen molar-refractivity contribution in [3.63, 3.8) is 0 Å². The number of aliphatic hydroxyl groups is 1. The van der Waals surface area contributed by atoms with Crippen LogP contribution in [0.1, 0.15) is 6.92 Å². The number of nitrogen functional groups attached to an aromatic ring is 1. The van der Waals surface area contributed by atoms with Gasteiger partial charge in [0.05, 0.1) is 0 Å². The van der Waals surface area contributed by atoms with Crippen molar-refractivity contribution in [3.8, 4) is 0 Å². The van der Waals surface area contributed by atoms with Gasteiger partial charge in [-0.2, -0.15) is 4.98 Å². The minimum atomic E-state index is -1.09. The number of nitrogens with two attached hydrogens (primary N) is 1. The number of aromatic nitrogens is 2. The van der Waals surface area contributed by atoms with Gasteiger partial charge in [-0.05, 0) is 6.92 Å². The molecule has 0 saturated carbocycles. The molecule has 8 nitrogen and oxygen atoms in total. The number of Topliss-reactive ketones (excluding diaryl/α,β-unsaturated/α-hetero) is 1. The normalized spacial score (nSPS) is 19.8. The molecule has 8 heteroatoms. The minimum absolute atomic E-state index is 0.00310. The standard InChI is InChI=1S/C9H13N5O3/c1-3(15)6(16)4-2-11-7-5(12-4)8(17)14-9(10)13-7/h3-4,12,15H,2H2,1H3,(H4,10,11,13,14,17)/t3-,4+/m1/s1. The minimum Gasteiger partial charge on any atom is -0.386 e. The molecule has 6 N–H and O–H groups in total. The van der Waals surface area contributed by atoms with Gasteiger partial charge in [-0.1, -0.05) is 0 Å². The summed E-state index contributed by atoms with van der Waals surface area (Å²) in [5.74, 6) is -0.0800. The van der Waals surface area contributed by atoms with Gasteiger partial charge in [0.1, 0.15) is 17.8 Å². The lowest BCUT2D eigenvalue weighted by molar-refractivity contribution is -0.126. The lowest BCUT2D eigenvalue weighted by Crippen LogP contribution is -2.45. The fourth-order valence-corrected chi connectivity index (χ4v) is 1.64. The fraction of sp³-hybridized carbons (Fsp3) is 0.444. The monoisotopic (exact) mass is 239 g/mol. The lowest BCUT2D eigenvalue weighted by Gasteiger charge is -2.26. The van der Waals surface area contributed by atoms with Crippen LogP contribution in [-0.4, -0.2) is 39.5 Å². The van der Waals surface area contributed by atoms with Crippen LogP contribution in [0.5, 0.6) is 0 Å². The summed E-state index contributed by atoms with van der Waals surface area (Å²) in [4.78, 5) is 29.4. The maximum Gasteiger partial charge on any atom is 0.277 e. The molecule has 0 unspecified atom stereocenters. The van der Waals surface area contributed by atoms with Gasteiger partial charge < -0.3 is 21.5 Å². The number of carbonyl (C=O) groups is 1.